The molecule has 2 aromatic heterocycles. The molecule has 108 valence electrons. The third-order valence-electron chi connectivity index (χ3n) is 3.33. The molecule has 0 aliphatic heterocycles. The van der Waals surface area contributed by atoms with E-state index in [0.29, 0.717) is 6.04 Å². The molecule has 4 nitrogen and oxygen atoms in total. The Labute approximate surface area is 128 Å². The fourth-order valence-electron chi connectivity index (χ4n) is 2.22. The van der Waals surface area contributed by atoms with Crippen molar-refractivity contribution in [2.75, 3.05) is 5.32 Å². The molecular weight excluding hydrogens is 284 g/mol. The first-order chi connectivity index (χ1) is 10.1. The summed E-state index contributed by atoms with van der Waals surface area (Å²) in [5, 5.41) is 9.54. The highest BCUT2D eigenvalue weighted by molar-refractivity contribution is 6.30. The summed E-state index contributed by atoms with van der Waals surface area (Å²) in [4.78, 5) is 4.51. The molecule has 5 heteroatoms. The second-order valence-electron chi connectivity index (χ2n) is 5.30. The van der Waals surface area contributed by atoms with E-state index in [1.807, 2.05) is 41.3 Å². The molecule has 3 rings (SSSR count). The maximum Gasteiger partial charge on any atom is 0.158 e. The average molecular weight is 301 g/mol. The second kappa shape index (κ2) is 5.74. The van der Waals surface area contributed by atoms with Crippen molar-refractivity contribution in [3.63, 3.8) is 0 Å². The fraction of sp³-hybridized carbons (Fsp3) is 0.250. The van der Waals surface area contributed by atoms with E-state index < -0.39 is 0 Å². The first-order valence-corrected chi connectivity index (χ1v) is 7.33. The maximum atomic E-state index is 5.88. The molecule has 0 fully saturated rings. The molecule has 0 spiro atoms. The largest absolute Gasteiger partial charge is 0.380 e. The van der Waals surface area contributed by atoms with Gasteiger partial charge in [0.05, 0.1) is 18.1 Å². The summed E-state index contributed by atoms with van der Waals surface area (Å²) in [6.07, 6.45) is 3.70. The predicted octanol–water partition coefficient (Wildman–Crippen LogP) is 4.28. The van der Waals surface area contributed by atoms with Gasteiger partial charge in [0.25, 0.3) is 0 Å². The van der Waals surface area contributed by atoms with Gasteiger partial charge in [-0.05, 0) is 37.6 Å². The van der Waals surface area contributed by atoms with Gasteiger partial charge in [-0.3, -0.25) is 0 Å². The fourth-order valence-corrected chi connectivity index (χ4v) is 2.35. The number of fused-ring (bicyclic) bond motifs is 1. The van der Waals surface area contributed by atoms with Gasteiger partial charge >= 0.3 is 0 Å². The Morgan fingerprint density at radius 1 is 1.19 bits per heavy atom. The van der Waals surface area contributed by atoms with Crippen molar-refractivity contribution in [2.24, 2.45) is 0 Å². The number of benzene rings is 1. The number of aromatic nitrogens is 3. The molecule has 2 heterocycles. The Bertz CT molecular complexity index is 747. The summed E-state index contributed by atoms with van der Waals surface area (Å²) in [5.74, 6) is 0. The van der Waals surface area contributed by atoms with Crippen LogP contribution in [0, 0.1) is 0 Å². The van der Waals surface area contributed by atoms with Gasteiger partial charge in [0.15, 0.2) is 5.65 Å². The molecular formula is C16H17ClN4. The lowest BCUT2D eigenvalue weighted by atomic mass is 10.2. The average Bonchev–Trinajstić information content (AvgIpc) is 2.90. The minimum Gasteiger partial charge on any atom is -0.380 e. The Kier molecular flexibility index (Phi) is 3.80. The summed E-state index contributed by atoms with van der Waals surface area (Å²) in [5.41, 5.74) is 3.08. The third kappa shape index (κ3) is 3.00. The van der Waals surface area contributed by atoms with Crippen LogP contribution in [0.5, 0.6) is 0 Å². The van der Waals surface area contributed by atoms with Crippen LogP contribution < -0.4 is 5.32 Å². The molecule has 1 aromatic carbocycles. The van der Waals surface area contributed by atoms with Gasteiger partial charge in [-0.15, -0.1) is 0 Å². The first kappa shape index (κ1) is 13.9. The van der Waals surface area contributed by atoms with Gasteiger partial charge in [-0.1, -0.05) is 23.7 Å². The monoisotopic (exact) mass is 300 g/mol. The minimum absolute atomic E-state index is 0.308. The van der Waals surface area contributed by atoms with Gasteiger partial charge in [0.1, 0.15) is 0 Å². The molecule has 3 aromatic rings. The van der Waals surface area contributed by atoms with Crippen molar-refractivity contribution in [2.45, 2.75) is 26.4 Å². The van der Waals surface area contributed by atoms with Gasteiger partial charge in [-0.2, -0.15) is 5.10 Å². The number of nitrogens with one attached hydrogen (secondary N) is 1. The molecule has 0 atom stereocenters. The van der Waals surface area contributed by atoms with E-state index in [-0.39, 0.29) is 0 Å². The highest BCUT2D eigenvalue weighted by atomic mass is 35.5. The van der Waals surface area contributed by atoms with Crippen molar-refractivity contribution >= 4 is 28.3 Å². The lowest BCUT2D eigenvalue weighted by Gasteiger charge is -2.08. The summed E-state index contributed by atoms with van der Waals surface area (Å²) in [6, 6.07) is 10.2. The predicted molar refractivity (Wildman–Crippen MR) is 86.7 cm³/mol. The lowest BCUT2D eigenvalue weighted by molar-refractivity contribution is 0.546. The SMILES string of the molecule is CC(C)n1ncc2cc(NCc3ccc(Cl)cc3)cnc21. The van der Waals surface area contributed by atoms with E-state index in [0.717, 1.165) is 28.3 Å². The standard InChI is InChI=1S/C16H17ClN4/c1-11(2)21-16-13(9-20-21)7-15(10-19-16)18-8-12-3-5-14(17)6-4-12/h3-7,9-11,18H,8H2,1-2H3. The molecule has 0 radical (unpaired) electrons. The van der Waals surface area contributed by atoms with E-state index in [1.165, 1.54) is 5.56 Å². The molecule has 21 heavy (non-hydrogen) atoms. The summed E-state index contributed by atoms with van der Waals surface area (Å²) in [7, 11) is 0. The minimum atomic E-state index is 0.308. The van der Waals surface area contributed by atoms with Crippen LogP contribution >= 0.6 is 11.6 Å². The smallest absolute Gasteiger partial charge is 0.158 e. The first-order valence-electron chi connectivity index (χ1n) is 6.95. The molecule has 0 aliphatic rings. The van der Waals surface area contributed by atoms with Crippen molar-refractivity contribution in [1.82, 2.24) is 14.8 Å². The number of hydrogen-bond donors (Lipinski definition) is 1. The maximum absolute atomic E-state index is 5.88. The number of nitrogens with zero attached hydrogens (tertiary/aromatic N) is 3. The van der Waals surface area contributed by atoms with Crippen LogP contribution in [0.3, 0.4) is 0 Å². The van der Waals surface area contributed by atoms with E-state index in [1.54, 1.807) is 0 Å². The van der Waals surface area contributed by atoms with Crippen LogP contribution in [-0.4, -0.2) is 14.8 Å². The van der Waals surface area contributed by atoms with Crippen LogP contribution in [0.2, 0.25) is 5.02 Å². The van der Waals surface area contributed by atoms with Crippen molar-refractivity contribution < 1.29 is 0 Å². The van der Waals surface area contributed by atoms with E-state index in [9.17, 15) is 0 Å². The van der Waals surface area contributed by atoms with Crippen LogP contribution in [0.25, 0.3) is 11.0 Å². The normalized spacial score (nSPS) is 11.2. The highest BCUT2D eigenvalue weighted by Crippen LogP contribution is 2.19. The van der Waals surface area contributed by atoms with Gasteiger partial charge in [0, 0.05) is 23.0 Å². The molecule has 0 aliphatic carbocycles. The quantitative estimate of drug-likeness (QED) is 0.782. The zero-order valence-corrected chi connectivity index (χ0v) is 12.8. The number of hydrogen-bond acceptors (Lipinski definition) is 3. The molecule has 0 saturated heterocycles. The molecule has 0 unspecified atom stereocenters. The third-order valence-corrected chi connectivity index (χ3v) is 3.58. The van der Waals surface area contributed by atoms with Gasteiger partial charge in [-0.25, -0.2) is 9.67 Å². The van der Waals surface area contributed by atoms with Crippen molar-refractivity contribution in [3.8, 4) is 0 Å². The van der Waals surface area contributed by atoms with Crippen LogP contribution in [0.1, 0.15) is 25.5 Å². The topological polar surface area (TPSA) is 42.7 Å². The molecule has 0 saturated carbocycles. The molecule has 1 N–H and O–H groups in total. The van der Waals surface area contributed by atoms with Crippen molar-refractivity contribution in [3.05, 3.63) is 53.3 Å². The number of rotatable bonds is 4. The zero-order chi connectivity index (χ0) is 14.8. The Morgan fingerprint density at radius 2 is 1.95 bits per heavy atom. The molecule has 0 bridgehead atoms. The summed E-state index contributed by atoms with van der Waals surface area (Å²) >= 11 is 5.88. The van der Waals surface area contributed by atoms with Crippen LogP contribution in [0.4, 0.5) is 5.69 Å². The van der Waals surface area contributed by atoms with Crippen LogP contribution in [-0.2, 0) is 6.54 Å². The Morgan fingerprint density at radius 3 is 2.67 bits per heavy atom. The van der Waals surface area contributed by atoms with E-state index >= 15 is 0 Å². The lowest BCUT2D eigenvalue weighted by Crippen LogP contribution is -2.04. The van der Waals surface area contributed by atoms with Crippen molar-refractivity contribution in [1.29, 1.82) is 0 Å². The summed E-state index contributed by atoms with van der Waals surface area (Å²) < 4.78 is 1.93. The highest BCUT2D eigenvalue weighted by Gasteiger charge is 2.07. The van der Waals surface area contributed by atoms with Gasteiger partial charge < -0.3 is 5.32 Å². The Balaban J connectivity index is 1.77. The number of pyridine rings is 1. The van der Waals surface area contributed by atoms with Crippen LogP contribution in [0.15, 0.2) is 42.7 Å². The Hall–Kier alpha value is -2.07. The number of anilines is 1. The number of halogens is 1. The van der Waals surface area contributed by atoms with E-state index in [2.05, 4.69) is 35.3 Å². The zero-order valence-electron chi connectivity index (χ0n) is 12.0. The summed E-state index contributed by atoms with van der Waals surface area (Å²) in [6.45, 7) is 4.93. The molecule has 0 amide bonds. The van der Waals surface area contributed by atoms with Gasteiger partial charge in [0.2, 0.25) is 0 Å². The van der Waals surface area contributed by atoms with E-state index in [4.69, 9.17) is 11.6 Å². The second-order valence-corrected chi connectivity index (χ2v) is 5.74.